The van der Waals surface area contributed by atoms with Crippen molar-refractivity contribution in [2.24, 2.45) is 0 Å². The van der Waals surface area contributed by atoms with Crippen molar-refractivity contribution in [3.8, 4) is 0 Å². The van der Waals surface area contributed by atoms with Crippen LogP contribution in [0, 0.1) is 12.3 Å². The highest BCUT2D eigenvalue weighted by Crippen LogP contribution is 1.96. The van der Waals surface area contributed by atoms with E-state index in [-0.39, 0.29) is 0 Å². The normalized spacial score (nSPS) is 10.5. The molecule has 2 nitrogen and oxygen atoms in total. The zero-order valence-electron chi connectivity index (χ0n) is 4.18. The van der Waals surface area contributed by atoms with E-state index in [4.69, 9.17) is 0 Å². The first-order valence-electron chi connectivity index (χ1n) is 2.39. The van der Waals surface area contributed by atoms with E-state index in [0.29, 0.717) is 0 Å². The molecule has 0 saturated carbocycles. The van der Waals surface area contributed by atoms with Crippen LogP contribution in [0.2, 0.25) is 0 Å². The van der Waals surface area contributed by atoms with Gasteiger partial charge in [-0.2, -0.15) is 0 Å². The molecule has 0 aliphatic carbocycles. The summed E-state index contributed by atoms with van der Waals surface area (Å²) in [5.41, 5.74) is 1.03. The second-order valence-electron chi connectivity index (χ2n) is 1.63. The van der Waals surface area contributed by atoms with Gasteiger partial charge in [-0.3, -0.25) is 0 Å². The van der Waals surface area contributed by atoms with Gasteiger partial charge in [0.1, 0.15) is 5.65 Å². The average Bonchev–Trinajstić information content (AvgIpc) is 2.15. The van der Waals surface area contributed by atoms with E-state index in [0.717, 1.165) is 5.65 Å². The van der Waals surface area contributed by atoms with E-state index in [1.54, 1.807) is 0 Å². The highest BCUT2D eigenvalue weighted by Gasteiger charge is 1.86. The van der Waals surface area contributed by atoms with Gasteiger partial charge in [-0.15, -0.1) is 0 Å². The van der Waals surface area contributed by atoms with Gasteiger partial charge in [-0.25, -0.2) is 0 Å². The van der Waals surface area contributed by atoms with Gasteiger partial charge in [0.05, 0.1) is 6.20 Å². The maximum atomic E-state index is 2.93. The first-order valence-corrected chi connectivity index (χ1v) is 2.39. The molecule has 2 aromatic heterocycles. The van der Waals surface area contributed by atoms with E-state index >= 15 is 0 Å². The molecule has 0 bridgehead atoms. The average molecular weight is 104 g/mol. The number of rotatable bonds is 0. The molecule has 0 atom stereocenters. The molecule has 2 rings (SSSR count). The third kappa shape index (κ3) is 0.320. The Morgan fingerprint density at radius 1 is 1.50 bits per heavy atom. The van der Waals surface area contributed by atoms with Crippen LogP contribution in [0.15, 0.2) is 18.5 Å². The lowest BCUT2D eigenvalue weighted by Gasteiger charge is -1.74. The maximum Gasteiger partial charge on any atom is 0.115 e. The highest BCUT2D eigenvalue weighted by atomic mass is 15.0. The van der Waals surface area contributed by atoms with Crippen LogP contribution < -0.4 is 0 Å². The van der Waals surface area contributed by atoms with Gasteiger partial charge in [-0.05, 0) is 6.07 Å². The van der Waals surface area contributed by atoms with Crippen molar-refractivity contribution >= 4 is 5.65 Å². The molecule has 1 N–H and O–H groups in total. The van der Waals surface area contributed by atoms with Gasteiger partial charge in [0, 0.05) is 18.5 Å². The molecule has 0 aromatic carbocycles. The molecular weight excluding hydrogens is 100 g/mol. The number of hydrogen-bond donors (Lipinski definition) is 1. The summed E-state index contributed by atoms with van der Waals surface area (Å²) < 4.78 is 1.92. The number of hydrogen-bond acceptors (Lipinski definition) is 0. The Morgan fingerprint density at radius 2 is 2.50 bits per heavy atom. The zero-order valence-corrected chi connectivity index (χ0v) is 4.18. The summed E-state index contributed by atoms with van der Waals surface area (Å²) in [7, 11) is 0. The van der Waals surface area contributed by atoms with Crippen molar-refractivity contribution in [3.63, 3.8) is 0 Å². The minimum absolute atomic E-state index is 1.03. The molecule has 0 saturated heterocycles. The third-order valence-corrected chi connectivity index (χ3v) is 1.12. The first-order chi connectivity index (χ1) is 3.97. The largest absolute Gasteiger partial charge is 0.338 e. The first kappa shape index (κ1) is 3.78. The standard InChI is InChI=1S/C6H4N2/c1-2-6-7-3-5-8(6)4-1/h2,4-5,7H. The molecule has 0 aliphatic rings. The lowest BCUT2D eigenvalue weighted by Crippen LogP contribution is -1.67. The Balaban J connectivity index is 3.06. The topological polar surface area (TPSA) is 20.2 Å². The fourth-order valence-electron chi connectivity index (χ4n) is 0.724. The lowest BCUT2D eigenvalue weighted by atomic mass is 10.6. The van der Waals surface area contributed by atoms with Crippen molar-refractivity contribution in [3.05, 3.63) is 30.7 Å². The maximum absolute atomic E-state index is 2.93. The predicted octanol–water partition coefficient (Wildman–Crippen LogP) is 0.868. The molecule has 2 heteroatoms. The van der Waals surface area contributed by atoms with Crippen molar-refractivity contribution in [2.75, 3.05) is 0 Å². The molecular formula is C6H4N2. The van der Waals surface area contributed by atoms with E-state index in [1.807, 2.05) is 22.9 Å². The Kier molecular flexibility index (Phi) is 0.545. The molecule has 2 radical (unpaired) electrons. The number of aromatic nitrogens is 2. The van der Waals surface area contributed by atoms with Crippen molar-refractivity contribution in [1.82, 2.24) is 9.38 Å². The quantitative estimate of drug-likeness (QED) is 0.511. The molecule has 38 valence electrons. The van der Waals surface area contributed by atoms with E-state index in [1.165, 1.54) is 0 Å². The van der Waals surface area contributed by atoms with Gasteiger partial charge in [0.15, 0.2) is 0 Å². The van der Waals surface area contributed by atoms with Crippen LogP contribution in [0.5, 0.6) is 0 Å². The summed E-state index contributed by atoms with van der Waals surface area (Å²) in [4.78, 5) is 2.91. The minimum atomic E-state index is 1.03. The summed E-state index contributed by atoms with van der Waals surface area (Å²) in [5, 5.41) is 0. The number of nitrogens with zero attached hydrogens (tertiary/aromatic N) is 1. The van der Waals surface area contributed by atoms with Crippen LogP contribution >= 0.6 is 0 Å². The van der Waals surface area contributed by atoms with Crippen LogP contribution in [0.25, 0.3) is 5.65 Å². The fraction of sp³-hybridized carbons (Fsp3) is 0. The molecule has 2 aromatic rings. The van der Waals surface area contributed by atoms with Gasteiger partial charge in [-0.1, -0.05) is 0 Å². The molecule has 2 heterocycles. The monoisotopic (exact) mass is 104 g/mol. The summed E-state index contributed by atoms with van der Waals surface area (Å²) in [5.74, 6) is 0. The number of nitrogens with one attached hydrogen (secondary N) is 1. The van der Waals surface area contributed by atoms with Crippen LogP contribution in [0.4, 0.5) is 0 Å². The summed E-state index contributed by atoms with van der Waals surface area (Å²) in [6, 6.07) is 4.80. The van der Waals surface area contributed by atoms with Gasteiger partial charge < -0.3 is 9.38 Å². The molecule has 0 aliphatic heterocycles. The summed E-state index contributed by atoms with van der Waals surface area (Å²) in [6.45, 7) is 0. The Hall–Kier alpha value is -1.18. The molecule has 0 spiro atoms. The van der Waals surface area contributed by atoms with E-state index < -0.39 is 0 Å². The van der Waals surface area contributed by atoms with E-state index in [2.05, 4.69) is 17.2 Å². The van der Waals surface area contributed by atoms with Crippen molar-refractivity contribution in [2.45, 2.75) is 0 Å². The number of fused-ring (bicyclic) bond motifs is 1. The second kappa shape index (κ2) is 1.15. The molecule has 0 unspecified atom stereocenters. The second-order valence-corrected chi connectivity index (χ2v) is 1.63. The smallest absolute Gasteiger partial charge is 0.115 e. The van der Waals surface area contributed by atoms with Crippen molar-refractivity contribution < 1.29 is 0 Å². The Morgan fingerprint density at radius 3 is 3.38 bits per heavy atom. The number of aromatic amines is 1. The van der Waals surface area contributed by atoms with Gasteiger partial charge in [0.25, 0.3) is 0 Å². The minimum Gasteiger partial charge on any atom is -0.338 e. The predicted molar refractivity (Wildman–Crippen MR) is 29.4 cm³/mol. The van der Waals surface area contributed by atoms with Crippen LogP contribution in [0.3, 0.4) is 0 Å². The molecule has 8 heavy (non-hydrogen) atoms. The Bertz CT molecular complexity index is 228. The van der Waals surface area contributed by atoms with Gasteiger partial charge in [0.2, 0.25) is 0 Å². The lowest BCUT2D eigenvalue weighted by molar-refractivity contribution is 1.23. The summed E-state index contributed by atoms with van der Waals surface area (Å²) >= 11 is 0. The zero-order chi connectivity index (χ0) is 5.40. The van der Waals surface area contributed by atoms with Crippen LogP contribution in [-0.2, 0) is 0 Å². The van der Waals surface area contributed by atoms with Gasteiger partial charge >= 0.3 is 0 Å². The van der Waals surface area contributed by atoms with E-state index in [9.17, 15) is 0 Å². The highest BCUT2D eigenvalue weighted by molar-refractivity contribution is 5.37. The van der Waals surface area contributed by atoms with Crippen LogP contribution in [-0.4, -0.2) is 9.38 Å². The number of imidazole rings is 1. The Labute approximate surface area is 46.8 Å². The number of H-pyrrole nitrogens is 1. The fourth-order valence-corrected chi connectivity index (χ4v) is 0.724. The molecule has 0 amide bonds. The SMILES string of the molecule is [c]1cc2[nH][c]cn2c1. The summed E-state index contributed by atoms with van der Waals surface area (Å²) in [6.07, 6.45) is 6.51. The third-order valence-electron chi connectivity index (χ3n) is 1.12. The van der Waals surface area contributed by atoms with Crippen LogP contribution in [0.1, 0.15) is 0 Å². The molecule has 0 fully saturated rings. The van der Waals surface area contributed by atoms with Crippen molar-refractivity contribution in [1.29, 1.82) is 0 Å².